The number of rotatable bonds is 4. The summed E-state index contributed by atoms with van der Waals surface area (Å²) >= 11 is 0. The van der Waals surface area contributed by atoms with Crippen molar-refractivity contribution in [2.45, 2.75) is 61.4 Å². The summed E-state index contributed by atoms with van der Waals surface area (Å²) in [6.45, 7) is -0.420. The molecular weight excluding hydrogens is 960 g/mol. The lowest BCUT2D eigenvalue weighted by atomic mass is 9.67. The number of hydrogen-bond acceptors (Lipinski definition) is 27. The predicted molar refractivity (Wildman–Crippen MR) is 217 cm³/mol. The summed E-state index contributed by atoms with van der Waals surface area (Å²) in [6, 6.07) is 2.42. The summed E-state index contributed by atoms with van der Waals surface area (Å²) < 4.78 is 39.7. The SMILES string of the molecule is CC(=O)C[C@]1(O)C(=O)C=C2C(=O)O[C@H]3[C@@H]4OC(=O)c5cc(O)c(O)c(O)c5-c5c(cc(O)c(O)c5O)C(=O)OC[C@H]3O[C@@H](OC(=O)c3cc(O)c(O)c(O)c3)[C@@H]4OC(=O)c3cc(O)c(O)c4c3[C@H]2[C@]1(O)O4. The average Bonchev–Trinajstić information content (AvgIpc) is 3.63. The number of ether oxygens (including phenoxy) is 7. The van der Waals surface area contributed by atoms with Gasteiger partial charge in [0, 0.05) is 23.1 Å². The zero-order chi connectivity index (χ0) is 51.7. The highest BCUT2D eigenvalue weighted by Gasteiger charge is 2.71. The quantitative estimate of drug-likeness (QED) is 0.0723. The molecule has 13 N–H and O–H groups in total. The first-order chi connectivity index (χ1) is 33.3. The molecule has 5 aliphatic rings. The van der Waals surface area contributed by atoms with E-state index in [1.165, 1.54) is 0 Å². The Morgan fingerprint density at radius 2 is 1.13 bits per heavy atom. The standard InChI is InChI=1S/C44H32O27/c1-10(45)8-43(63)22(51)7-15-26-25-14(6-20(50)30(55)34(25)71-44(26,43)64)40(61)69-36-35-33(67-41(15)62)21(66-42(36)70-37(58)11-2-16(46)27(52)17(47)3-11)9-65-38(59)12-4-18(48)28(53)31(56)23(12)24-13(39(60)68-35)5-19(49)29(54)32(24)57/h2-7,21,26,33,35-36,42,46-50,52-57,63-64H,8-9H2,1H3/t21-,26+,33-,35+,36-,42+,43+,44+/m1/s1. The number of aliphatic hydroxyl groups is 2. The van der Waals surface area contributed by atoms with Crippen molar-refractivity contribution in [1.82, 2.24) is 0 Å². The second-order valence-electron chi connectivity index (χ2n) is 16.5. The number of fused-ring (bicyclic) bond motifs is 3. The largest absolute Gasteiger partial charge is 0.504 e. The summed E-state index contributed by atoms with van der Waals surface area (Å²) in [5.41, 5.74) is -11.4. The number of phenols is 11. The maximum atomic E-state index is 14.8. The van der Waals surface area contributed by atoms with Crippen molar-refractivity contribution in [2.75, 3.05) is 6.61 Å². The first-order valence-electron chi connectivity index (χ1n) is 20.2. The van der Waals surface area contributed by atoms with E-state index in [0.717, 1.165) is 6.92 Å². The van der Waals surface area contributed by atoms with Gasteiger partial charge in [0.25, 0.3) is 5.79 Å². The van der Waals surface area contributed by atoms with Crippen LogP contribution in [0.25, 0.3) is 11.1 Å². The van der Waals surface area contributed by atoms with Crippen LogP contribution in [0.3, 0.4) is 0 Å². The molecule has 1 saturated heterocycles. The first kappa shape index (κ1) is 46.9. The molecular formula is C44H32O27. The van der Waals surface area contributed by atoms with Gasteiger partial charge in [-0.25, -0.2) is 24.0 Å². The Labute approximate surface area is 391 Å². The first-order valence-corrected chi connectivity index (χ1v) is 20.2. The Morgan fingerprint density at radius 3 is 1.72 bits per heavy atom. The lowest BCUT2D eigenvalue weighted by molar-refractivity contribution is -0.286. The number of carbonyl (C=O) groups is 7. The Balaban J connectivity index is 1.30. The van der Waals surface area contributed by atoms with Gasteiger partial charge in [0.1, 0.15) is 18.5 Å². The summed E-state index contributed by atoms with van der Waals surface area (Å²) in [5.74, 6) is -32.4. The van der Waals surface area contributed by atoms with Crippen LogP contribution >= 0.6 is 0 Å². The fourth-order valence-corrected chi connectivity index (χ4v) is 8.90. The number of carbonyl (C=O) groups excluding carboxylic acids is 7. The van der Waals surface area contributed by atoms with Crippen molar-refractivity contribution in [2.24, 2.45) is 0 Å². The molecule has 4 aliphatic heterocycles. The third-order valence-corrected chi connectivity index (χ3v) is 12.2. The van der Waals surface area contributed by atoms with E-state index in [0.29, 0.717) is 36.4 Å². The van der Waals surface area contributed by atoms with E-state index < -0.39 is 216 Å². The van der Waals surface area contributed by atoms with Crippen LogP contribution in [-0.2, 0) is 42.8 Å². The Hall–Kier alpha value is -9.21. The normalized spacial score (nSPS) is 26.4. The van der Waals surface area contributed by atoms with Crippen molar-refractivity contribution in [1.29, 1.82) is 0 Å². The number of hydrogen-bond donors (Lipinski definition) is 13. The lowest BCUT2D eigenvalue weighted by Crippen LogP contribution is -2.67. The lowest BCUT2D eigenvalue weighted by Gasteiger charge is -2.45. The highest BCUT2D eigenvalue weighted by atomic mass is 16.7. The molecule has 9 rings (SSSR count). The number of ketones is 2. The van der Waals surface area contributed by atoms with Crippen molar-refractivity contribution in [3.8, 4) is 80.1 Å². The van der Waals surface area contributed by atoms with E-state index in [1.54, 1.807) is 0 Å². The van der Waals surface area contributed by atoms with Crippen LogP contribution in [0.2, 0.25) is 0 Å². The molecule has 0 spiro atoms. The second kappa shape index (κ2) is 15.9. The van der Waals surface area contributed by atoms with Gasteiger partial charge in [0.2, 0.25) is 29.6 Å². The minimum absolute atomic E-state index is 0.363. The Morgan fingerprint density at radius 1 is 0.620 bits per heavy atom. The fraction of sp³-hybridized carbons (Fsp3) is 0.250. The molecule has 4 heterocycles. The third kappa shape index (κ3) is 6.88. The van der Waals surface area contributed by atoms with E-state index in [2.05, 4.69) is 0 Å². The monoisotopic (exact) mass is 992 g/mol. The van der Waals surface area contributed by atoms with Crippen LogP contribution in [0.15, 0.2) is 42.0 Å². The van der Waals surface area contributed by atoms with Gasteiger partial charge in [-0.1, -0.05) is 0 Å². The van der Waals surface area contributed by atoms with Crippen LogP contribution in [0.4, 0.5) is 0 Å². The van der Waals surface area contributed by atoms with Crippen molar-refractivity contribution in [3.63, 3.8) is 0 Å². The van der Waals surface area contributed by atoms with Crippen LogP contribution in [-0.4, -0.2) is 156 Å². The average molecular weight is 993 g/mol. The van der Waals surface area contributed by atoms with Gasteiger partial charge in [-0.3, -0.25) is 9.59 Å². The van der Waals surface area contributed by atoms with Gasteiger partial charge in [-0.2, -0.15) is 0 Å². The van der Waals surface area contributed by atoms with Gasteiger partial charge in [-0.05, 0) is 43.3 Å². The van der Waals surface area contributed by atoms with Crippen LogP contribution < -0.4 is 4.74 Å². The minimum Gasteiger partial charge on any atom is -0.504 e. The van der Waals surface area contributed by atoms with Crippen molar-refractivity contribution >= 4 is 41.4 Å². The van der Waals surface area contributed by atoms with Crippen molar-refractivity contribution in [3.05, 3.63) is 69.8 Å². The van der Waals surface area contributed by atoms with E-state index in [1.807, 2.05) is 0 Å². The van der Waals surface area contributed by atoms with E-state index in [4.69, 9.17) is 33.2 Å². The summed E-state index contributed by atoms with van der Waals surface area (Å²) in [7, 11) is 0. The molecule has 0 aromatic heterocycles. The third-order valence-electron chi connectivity index (χ3n) is 12.2. The molecule has 27 heteroatoms. The molecule has 4 aromatic carbocycles. The highest BCUT2D eigenvalue weighted by molar-refractivity contribution is 6.11. The van der Waals surface area contributed by atoms with Gasteiger partial charge < -0.3 is 99.5 Å². The molecule has 71 heavy (non-hydrogen) atoms. The molecule has 4 bridgehead atoms. The highest BCUT2D eigenvalue weighted by Crippen LogP contribution is 2.61. The maximum Gasteiger partial charge on any atom is 0.340 e. The van der Waals surface area contributed by atoms with E-state index in [-0.39, 0.29) is 0 Å². The smallest absolute Gasteiger partial charge is 0.340 e. The van der Waals surface area contributed by atoms with E-state index in [9.17, 15) is 99.9 Å². The predicted octanol–water partition coefficient (Wildman–Crippen LogP) is -0.0722. The number of aromatic hydroxyl groups is 11. The minimum atomic E-state index is -3.55. The number of esters is 5. The molecule has 1 fully saturated rings. The van der Waals surface area contributed by atoms with E-state index >= 15 is 0 Å². The fourth-order valence-electron chi connectivity index (χ4n) is 8.90. The van der Waals surface area contributed by atoms with Crippen LogP contribution in [0.5, 0.6) is 69.0 Å². The topological polar surface area (TPSA) is 447 Å². The molecule has 0 saturated carbocycles. The summed E-state index contributed by atoms with van der Waals surface area (Å²) in [6.07, 6.45) is -13.2. The number of benzene rings is 4. The molecule has 27 nitrogen and oxygen atoms in total. The molecule has 0 radical (unpaired) electrons. The van der Waals surface area contributed by atoms with Gasteiger partial charge in [0.15, 0.2) is 75.3 Å². The molecule has 4 aromatic rings. The number of phenolic OH excluding ortho intramolecular Hbond substituents is 11. The summed E-state index contributed by atoms with van der Waals surface area (Å²) in [4.78, 5) is 98.4. The molecule has 1 aliphatic carbocycles. The van der Waals surface area contributed by atoms with Gasteiger partial charge in [-0.15, -0.1) is 0 Å². The number of Topliss-reactive ketones (excluding diaryl/α,β-unsaturated/α-hetero) is 1. The van der Waals surface area contributed by atoms with Gasteiger partial charge in [0.05, 0.1) is 33.7 Å². The zero-order valence-electron chi connectivity index (χ0n) is 35.4. The molecule has 370 valence electrons. The van der Waals surface area contributed by atoms with Crippen molar-refractivity contribution < 1.29 is 133 Å². The summed E-state index contributed by atoms with van der Waals surface area (Å²) in [5, 5.41) is 141. The Kier molecular flexibility index (Phi) is 10.5. The Bertz CT molecular complexity index is 3150. The molecule has 8 atom stereocenters. The van der Waals surface area contributed by atoms with Crippen LogP contribution in [0.1, 0.15) is 66.3 Å². The maximum absolute atomic E-state index is 14.8. The number of cyclic esters (lactones) is 1. The zero-order valence-corrected chi connectivity index (χ0v) is 35.4. The molecule has 0 unspecified atom stereocenters. The van der Waals surface area contributed by atoms with Gasteiger partial charge >= 0.3 is 29.8 Å². The second-order valence-corrected chi connectivity index (χ2v) is 16.5. The van der Waals surface area contributed by atoms with Crippen LogP contribution in [0, 0.1) is 0 Å². The molecule has 0 amide bonds.